The van der Waals surface area contributed by atoms with Crippen LogP contribution in [-0.2, 0) is 10.0 Å². The smallest absolute Gasteiger partial charge is 0.255 e. The Kier molecular flexibility index (Phi) is 3.78. The van der Waals surface area contributed by atoms with Crippen LogP contribution in [0.5, 0.6) is 0 Å². The Morgan fingerprint density at radius 2 is 2.00 bits per heavy atom. The maximum Gasteiger partial charge on any atom is 0.255 e. The number of rotatable bonds is 5. The monoisotopic (exact) mass is 356 g/mol. The van der Waals surface area contributed by atoms with Crippen LogP contribution < -0.4 is 10.0 Å². The summed E-state index contributed by atoms with van der Waals surface area (Å²) >= 11 is 0. The molecule has 4 rings (SSSR count). The lowest BCUT2D eigenvalue weighted by atomic mass is 10.2. The van der Waals surface area contributed by atoms with Gasteiger partial charge in [0.25, 0.3) is 5.91 Å². The molecule has 1 aliphatic rings. The number of sulfonamides is 1. The van der Waals surface area contributed by atoms with E-state index in [-0.39, 0.29) is 22.4 Å². The highest BCUT2D eigenvalue weighted by atomic mass is 32.2. The van der Waals surface area contributed by atoms with Crippen LogP contribution in [0.4, 0.5) is 5.69 Å². The van der Waals surface area contributed by atoms with Crippen LogP contribution in [0.25, 0.3) is 10.9 Å². The van der Waals surface area contributed by atoms with Gasteiger partial charge in [-0.05, 0) is 49.2 Å². The number of benzene rings is 2. The van der Waals surface area contributed by atoms with Gasteiger partial charge in [-0.2, -0.15) is 5.10 Å². The van der Waals surface area contributed by atoms with E-state index in [9.17, 15) is 13.2 Å². The van der Waals surface area contributed by atoms with Crippen molar-refractivity contribution in [3.05, 3.63) is 54.2 Å². The molecule has 0 aliphatic heterocycles. The van der Waals surface area contributed by atoms with Crippen molar-refractivity contribution in [2.24, 2.45) is 0 Å². The fourth-order valence-electron chi connectivity index (χ4n) is 2.52. The summed E-state index contributed by atoms with van der Waals surface area (Å²) in [5, 5.41) is 10.4. The summed E-state index contributed by atoms with van der Waals surface area (Å²) in [4.78, 5) is 12.5. The number of fused-ring (bicyclic) bond motifs is 1. The number of nitrogens with one attached hydrogen (secondary N) is 3. The minimum Gasteiger partial charge on any atom is -0.322 e. The standard InChI is InChI=1S/C17H16N4O3S/c22-17(19-14-6-7-16-12(8-14)10-18-20-16)11-2-1-3-15(9-11)25(23,24)21-13-4-5-13/h1-3,6-10,13,21H,4-5H2,(H,18,20)(H,19,22). The van der Waals surface area contributed by atoms with E-state index >= 15 is 0 Å². The number of aromatic nitrogens is 2. The summed E-state index contributed by atoms with van der Waals surface area (Å²) < 4.78 is 27.2. The predicted molar refractivity (Wildman–Crippen MR) is 93.8 cm³/mol. The van der Waals surface area contributed by atoms with Crippen LogP contribution in [0.1, 0.15) is 23.2 Å². The lowest BCUT2D eigenvalue weighted by Gasteiger charge is -2.08. The number of anilines is 1. The van der Waals surface area contributed by atoms with Crippen LogP contribution in [0.2, 0.25) is 0 Å². The minimum atomic E-state index is -3.59. The minimum absolute atomic E-state index is 0.0178. The van der Waals surface area contributed by atoms with Gasteiger partial charge in [0.15, 0.2) is 0 Å². The zero-order chi connectivity index (χ0) is 17.4. The van der Waals surface area contributed by atoms with Crippen LogP contribution in [-0.4, -0.2) is 30.6 Å². The van der Waals surface area contributed by atoms with Crippen LogP contribution in [0.15, 0.2) is 53.6 Å². The Balaban J connectivity index is 1.56. The molecule has 1 saturated carbocycles. The first kappa shape index (κ1) is 15.8. The molecule has 7 nitrogen and oxygen atoms in total. The largest absolute Gasteiger partial charge is 0.322 e. The molecule has 0 saturated heterocycles. The van der Waals surface area contributed by atoms with Gasteiger partial charge in [0.2, 0.25) is 10.0 Å². The van der Waals surface area contributed by atoms with Gasteiger partial charge in [-0.1, -0.05) is 6.07 Å². The average molecular weight is 356 g/mol. The zero-order valence-corrected chi connectivity index (χ0v) is 14.0. The van der Waals surface area contributed by atoms with E-state index < -0.39 is 10.0 Å². The van der Waals surface area contributed by atoms with E-state index in [1.165, 1.54) is 12.1 Å². The average Bonchev–Trinajstić information content (AvgIpc) is 3.27. The van der Waals surface area contributed by atoms with Crippen molar-refractivity contribution in [1.29, 1.82) is 0 Å². The molecule has 128 valence electrons. The topological polar surface area (TPSA) is 104 Å². The third-order valence-electron chi connectivity index (χ3n) is 4.00. The van der Waals surface area contributed by atoms with Crippen molar-refractivity contribution in [2.45, 2.75) is 23.8 Å². The van der Waals surface area contributed by atoms with Gasteiger partial charge in [-0.3, -0.25) is 9.89 Å². The maximum absolute atomic E-state index is 12.5. The Labute approximate surface area is 144 Å². The molecule has 25 heavy (non-hydrogen) atoms. The summed E-state index contributed by atoms with van der Waals surface area (Å²) in [7, 11) is -3.59. The van der Waals surface area contributed by atoms with Gasteiger partial charge < -0.3 is 5.32 Å². The highest BCUT2D eigenvalue weighted by Crippen LogP contribution is 2.23. The number of nitrogens with zero attached hydrogens (tertiary/aromatic N) is 1. The number of hydrogen-bond donors (Lipinski definition) is 3. The molecule has 8 heteroatoms. The molecule has 2 aromatic carbocycles. The molecular formula is C17H16N4O3S. The van der Waals surface area contributed by atoms with E-state index in [2.05, 4.69) is 20.2 Å². The molecule has 0 bridgehead atoms. The van der Waals surface area contributed by atoms with Crippen LogP contribution >= 0.6 is 0 Å². The van der Waals surface area contributed by atoms with Gasteiger partial charge >= 0.3 is 0 Å². The van der Waals surface area contributed by atoms with Gasteiger partial charge in [0.1, 0.15) is 0 Å². The highest BCUT2D eigenvalue weighted by molar-refractivity contribution is 7.89. The molecule has 0 unspecified atom stereocenters. The number of carbonyl (C=O) groups is 1. The molecular weight excluding hydrogens is 340 g/mol. The van der Waals surface area contributed by atoms with Crippen LogP contribution in [0.3, 0.4) is 0 Å². The van der Waals surface area contributed by atoms with Crippen molar-refractivity contribution in [1.82, 2.24) is 14.9 Å². The van der Waals surface area contributed by atoms with Crippen molar-refractivity contribution in [3.63, 3.8) is 0 Å². The lowest BCUT2D eigenvalue weighted by molar-refractivity contribution is 0.102. The number of amides is 1. The zero-order valence-electron chi connectivity index (χ0n) is 13.2. The molecule has 0 radical (unpaired) electrons. The van der Waals surface area contributed by atoms with Crippen molar-refractivity contribution >= 4 is 32.5 Å². The number of hydrogen-bond acceptors (Lipinski definition) is 4. The van der Waals surface area contributed by atoms with Crippen molar-refractivity contribution in [2.75, 3.05) is 5.32 Å². The Bertz CT molecular complexity index is 1050. The molecule has 1 fully saturated rings. The van der Waals surface area contributed by atoms with Gasteiger partial charge in [0.05, 0.1) is 16.6 Å². The second-order valence-corrected chi connectivity index (χ2v) is 7.76. The third-order valence-corrected chi connectivity index (χ3v) is 5.52. The Morgan fingerprint density at radius 3 is 2.80 bits per heavy atom. The number of H-pyrrole nitrogens is 1. The molecule has 1 aliphatic carbocycles. The molecule has 0 spiro atoms. The lowest BCUT2D eigenvalue weighted by Crippen LogP contribution is -2.26. The van der Waals surface area contributed by atoms with E-state index in [0.717, 1.165) is 23.7 Å². The fourth-order valence-corrected chi connectivity index (χ4v) is 3.87. The van der Waals surface area contributed by atoms with E-state index in [1.807, 2.05) is 6.07 Å². The normalized spacial score (nSPS) is 14.6. The summed E-state index contributed by atoms with van der Waals surface area (Å²) in [5.41, 5.74) is 1.77. The van der Waals surface area contributed by atoms with Crippen LogP contribution in [0, 0.1) is 0 Å². The molecule has 1 heterocycles. The van der Waals surface area contributed by atoms with Crippen molar-refractivity contribution < 1.29 is 13.2 Å². The summed E-state index contributed by atoms with van der Waals surface area (Å²) in [6, 6.07) is 11.4. The summed E-state index contributed by atoms with van der Waals surface area (Å²) in [6.45, 7) is 0. The van der Waals surface area contributed by atoms with E-state index in [4.69, 9.17) is 0 Å². The number of aromatic amines is 1. The van der Waals surface area contributed by atoms with Gasteiger partial charge in [0, 0.05) is 22.7 Å². The molecule has 3 aromatic rings. The number of carbonyl (C=O) groups excluding carboxylic acids is 1. The first-order valence-electron chi connectivity index (χ1n) is 7.88. The molecule has 1 aromatic heterocycles. The Morgan fingerprint density at radius 1 is 1.16 bits per heavy atom. The predicted octanol–water partition coefficient (Wildman–Crippen LogP) is 2.26. The molecule has 0 atom stereocenters. The third kappa shape index (κ3) is 3.40. The quantitative estimate of drug-likeness (QED) is 0.652. The first-order valence-corrected chi connectivity index (χ1v) is 9.36. The maximum atomic E-state index is 12.5. The molecule has 1 amide bonds. The van der Waals surface area contributed by atoms with Gasteiger partial charge in [-0.15, -0.1) is 0 Å². The summed E-state index contributed by atoms with van der Waals surface area (Å²) in [5.74, 6) is -0.369. The second kappa shape index (κ2) is 5.98. The Hall–Kier alpha value is -2.71. The SMILES string of the molecule is O=C(Nc1ccc2[nH]ncc2c1)c1cccc(S(=O)(=O)NC2CC2)c1. The van der Waals surface area contributed by atoms with E-state index in [0.29, 0.717) is 5.69 Å². The second-order valence-electron chi connectivity index (χ2n) is 6.05. The fraction of sp³-hybridized carbons (Fsp3) is 0.176. The first-order chi connectivity index (χ1) is 12.0. The van der Waals surface area contributed by atoms with Gasteiger partial charge in [-0.25, -0.2) is 13.1 Å². The van der Waals surface area contributed by atoms with E-state index in [1.54, 1.807) is 30.5 Å². The molecule has 3 N–H and O–H groups in total. The summed E-state index contributed by atoms with van der Waals surface area (Å²) in [6.07, 6.45) is 3.38. The van der Waals surface area contributed by atoms with Crippen molar-refractivity contribution in [3.8, 4) is 0 Å². The highest BCUT2D eigenvalue weighted by Gasteiger charge is 2.28.